The van der Waals surface area contributed by atoms with Gasteiger partial charge < -0.3 is 5.11 Å². The third kappa shape index (κ3) is 1.59. The summed E-state index contributed by atoms with van der Waals surface area (Å²) in [6.07, 6.45) is 3.52. The zero-order chi connectivity index (χ0) is 11.8. The van der Waals surface area contributed by atoms with Crippen LogP contribution in [0.5, 0.6) is 5.75 Å². The number of rotatable bonds is 1. The Hall–Kier alpha value is -1.88. The average Bonchev–Trinajstić information content (AvgIpc) is 2.83. The fourth-order valence-corrected chi connectivity index (χ4v) is 2.29. The number of fused-ring (bicyclic) bond motifs is 1. The Labute approximate surface area is 97.7 Å². The van der Waals surface area contributed by atoms with Gasteiger partial charge >= 0.3 is 0 Å². The quantitative estimate of drug-likeness (QED) is 0.768. The fraction of sp³-hybridized carbons (Fsp3) is 0.333. The van der Waals surface area contributed by atoms with Crippen molar-refractivity contribution in [3.05, 3.63) is 34.9 Å². The van der Waals surface area contributed by atoms with Gasteiger partial charge in [0.05, 0.1) is 18.0 Å². The Balaban J connectivity index is 2.25. The van der Waals surface area contributed by atoms with Gasteiger partial charge in [-0.3, -0.25) is 14.7 Å². The van der Waals surface area contributed by atoms with E-state index in [4.69, 9.17) is 0 Å². The summed E-state index contributed by atoms with van der Waals surface area (Å²) in [6.45, 7) is 0.913. The smallest absolute Gasteiger partial charge is 0.266 e. The summed E-state index contributed by atoms with van der Waals surface area (Å²) >= 11 is 0. The number of phenolic OH excluding ortho intramolecular Hbond substituents is 1. The molecular formula is C12H13N3O2. The lowest BCUT2D eigenvalue weighted by Gasteiger charge is -2.14. The Morgan fingerprint density at radius 3 is 3.12 bits per heavy atom. The van der Waals surface area contributed by atoms with Crippen LogP contribution in [0.2, 0.25) is 0 Å². The SMILES string of the molecule is O=c1c2c(O)cccc2ncn1C1CCCN1. The zero-order valence-electron chi connectivity index (χ0n) is 9.26. The van der Waals surface area contributed by atoms with E-state index in [9.17, 15) is 9.90 Å². The molecule has 1 aliphatic rings. The molecule has 1 aliphatic heterocycles. The third-order valence-corrected chi connectivity index (χ3v) is 3.16. The minimum Gasteiger partial charge on any atom is -0.507 e. The van der Waals surface area contributed by atoms with Crippen LogP contribution in [0.25, 0.3) is 10.9 Å². The molecule has 0 aliphatic carbocycles. The number of hydrogen-bond donors (Lipinski definition) is 2. The molecule has 2 heterocycles. The van der Waals surface area contributed by atoms with Gasteiger partial charge in [0.15, 0.2) is 0 Å². The average molecular weight is 231 g/mol. The summed E-state index contributed by atoms with van der Waals surface area (Å²) in [5.74, 6) is -0.00709. The molecule has 2 N–H and O–H groups in total. The lowest BCUT2D eigenvalue weighted by atomic mass is 10.2. The van der Waals surface area contributed by atoms with Gasteiger partial charge in [-0.1, -0.05) is 6.07 Å². The molecule has 1 aromatic carbocycles. The van der Waals surface area contributed by atoms with Gasteiger partial charge in [-0.2, -0.15) is 0 Å². The van der Waals surface area contributed by atoms with Crippen LogP contribution in [0.4, 0.5) is 0 Å². The van der Waals surface area contributed by atoms with Gasteiger partial charge in [0, 0.05) is 0 Å². The largest absolute Gasteiger partial charge is 0.507 e. The van der Waals surface area contributed by atoms with Crippen molar-refractivity contribution in [1.82, 2.24) is 14.9 Å². The van der Waals surface area contributed by atoms with E-state index in [0.29, 0.717) is 10.9 Å². The summed E-state index contributed by atoms with van der Waals surface area (Å²) in [5.41, 5.74) is 0.344. The van der Waals surface area contributed by atoms with Crippen LogP contribution in [0.3, 0.4) is 0 Å². The first kappa shape index (κ1) is 10.3. The van der Waals surface area contributed by atoms with Gasteiger partial charge in [0.1, 0.15) is 11.1 Å². The molecule has 0 saturated carbocycles. The van der Waals surface area contributed by atoms with Gasteiger partial charge in [0.25, 0.3) is 5.56 Å². The highest BCUT2D eigenvalue weighted by Gasteiger charge is 2.18. The van der Waals surface area contributed by atoms with Crippen LogP contribution < -0.4 is 10.9 Å². The molecule has 0 radical (unpaired) electrons. The number of phenols is 1. The summed E-state index contributed by atoms with van der Waals surface area (Å²) in [7, 11) is 0. The lowest BCUT2D eigenvalue weighted by Crippen LogP contribution is -2.30. The first-order valence-electron chi connectivity index (χ1n) is 5.69. The Kier molecular flexibility index (Phi) is 2.33. The molecule has 0 spiro atoms. The highest BCUT2D eigenvalue weighted by molar-refractivity contribution is 5.83. The monoisotopic (exact) mass is 231 g/mol. The van der Waals surface area contributed by atoms with Crippen LogP contribution in [0.1, 0.15) is 19.0 Å². The first-order chi connectivity index (χ1) is 8.27. The molecule has 17 heavy (non-hydrogen) atoms. The van der Waals surface area contributed by atoms with Crippen molar-refractivity contribution in [3.63, 3.8) is 0 Å². The normalized spacial score (nSPS) is 19.9. The van der Waals surface area contributed by atoms with Crippen LogP contribution in [0, 0.1) is 0 Å². The number of benzene rings is 1. The topological polar surface area (TPSA) is 67.1 Å². The van der Waals surface area contributed by atoms with Gasteiger partial charge in [-0.05, 0) is 31.5 Å². The molecule has 2 aromatic rings. The van der Waals surface area contributed by atoms with Gasteiger partial charge in [-0.25, -0.2) is 4.98 Å². The highest BCUT2D eigenvalue weighted by atomic mass is 16.3. The first-order valence-corrected chi connectivity index (χ1v) is 5.69. The van der Waals surface area contributed by atoms with Crippen molar-refractivity contribution in [2.24, 2.45) is 0 Å². The maximum atomic E-state index is 12.3. The van der Waals surface area contributed by atoms with Gasteiger partial charge in [0.2, 0.25) is 0 Å². The molecule has 0 amide bonds. The van der Waals surface area contributed by atoms with Crippen molar-refractivity contribution < 1.29 is 5.11 Å². The van der Waals surface area contributed by atoms with Crippen LogP contribution in [-0.4, -0.2) is 21.2 Å². The second kappa shape index (κ2) is 3.85. The number of hydrogen-bond acceptors (Lipinski definition) is 4. The highest BCUT2D eigenvalue weighted by Crippen LogP contribution is 2.20. The van der Waals surface area contributed by atoms with Crippen LogP contribution >= 0.6 is 0 Å². The van der Waals surface area contributed by atoms with E-state index in [1.807, 2.05) is 0 Å². The maximum Gasteiger partial charge on any atom is 0.266 e. The zero-order valence-corrected chi connectivity index (χ0v) is 9.26. The van der Waals surface area contributed by atoms with Crippen molar-refractivity contribution in [2.75, 3.05) is 6.54 Å². The molecule has 5 nitrogen and oxygen atoms in total. The van der Waals surface area contributed by atoms with E-state index in [0.717, 1.165) is 19.4 Å². The summed E-state index contributed by atoms with van der Waals surface area (Å²) in [6, 6.07) is 4.92. The number of aromatic hydroxyl groups is 1. The second-order valence-electron chi connectivity index (χ2n) is 4.24. The molecular weight excluding hydrogens is 218 g/mol. The number of aromatic nitrogens is 2. The van der Waals surface area contributed by atoms with Crippen LogP contribution in [0.15, 0.2) is 29.3 Å². The van der Waals surface area contributed by atoms with Gasteiger partial charge in [-0.15, -0.1) is 0 Å². The van der Waals surface area contributed by atoms with Crippen molar-refractivity contribution in [1.29, 1.82) is 0 Å². The summed E-state index contributed by atoms with van der Waals surface area (Å²) in [5, 5.41) is 13.3. The molecule has 1 atom stereocenters. The Morgan fingerprint density at radius 2 is 2.35 bits per heavy atom. The van der Waals surface area contributed by atoms with E-state index in [-0.39, 0.29) is 17.5 Å². The van der Waals surface area contributed by atoms with E-state index in [1.54, 1.807) is 23.0 Å². The number of nitrogens with one attached hydrogen (secondary N) is 1. The molecule has 1 unspecified atom stereocenters. The minimum absolute atomic E-state index is 0.000920. The van der Waals surface area contributed by atoms with Crippen molar-refractivity contribution >= 4 is 10.9 Å². The van der Waals surface area contributed by atoms with Crippen molar-refractivity contribution in [3.8, 4) is 5.75 Å². The molecule has 5 heteroatoms. The fourth-order valence-electron chi connectivity index (χ4n) is 2.29. The molecule has 1 fully saturated rings. The predicted octanol–water partition coefficient (Wildman–Crippen LogP) is 0.984. The molecule has 3 rings (SSSR count). The maximum absolute atomic E-state index is 12.3. The summed E-state index contributed by atoms with van der Waals surface area (Å²) in [4.78, 5) is 16.5. The minimum atomic E-state index is -0.187. The van der Waals surface area contributed by atoms with Crippen molar-refractivity contribution in [2.45, 2.75) is 19.0 Å². The molecule has 1 aromatic heterocycles. The lowest BCUT2D eigenvalue weighted by molar-refractivity contribution is 0.449. The number of nitrogens with zero attached hydrogens (tertiary/aromatic N) is 2. The molecule has 1 saturated heterocycles. The third-order valence-electron chi connectivity index (χ3n) is 3.16. The second-order valence-corrected chi connectivity index (χ2v) is 4.24. The Morgan fingerprint density at radius 1 is 1.47 bits per heavy atom. The van der Waals surface area contributed by atoms with Crippen LogP contribution in [-0.2, 0) is 0 Å². The van der Waals surface area contributed by atoms with E-state index >= 15 is 0 Å². The van der Waals surface area contributed by atoms with E-state index < -0.39 is 0 Å². The summed E-state index contributed by atoms with van der Waals surface area (Å²) < 4.78 is 1.56. The van der Waals surface area contributed by atoms with E-state index in [1.165, 1.54) is 6.07 Å². The molecule has 0 bridgehead atoms. The Bertz CT molecular complexity index is 615. The van der Waals surface area contributed by atoms with E-state index in [2.05, 4.69) is 10.3 Å². The molecule has 88 valence electrons. The standard InChI is InChI=1S/C12H13N3O2/c16-9-4-1-3-8-11(9)12(17)15(7-14-8)10-5-2-6-13-10/h1,3-4,7,10,13,16H,2,5-6H2. The predicted molar refractivity (Wildman–Crippen MR) is 63.9 cm³/mol.